The maximum absolute atomic E-state index is 5.96. The molecule has 0 bridgehead atoms. The Kier molecular flexibility index (Phi) is 5.33. The highest BCUT2D eigenvalue weighted by atomic mass is 35.5. The molecule has 0 aromatic heterocycles. The Bertz CT molecular complexity index is 573. The molecular formula is C18H21ClN2O. The van der Waals surface area contributed by atoms with Crippen LogP contribution in [-0.4, -0.2) is 32.3 Å². The minimum absolute atomic E-state index is 0.355. The SMILES string of the molecule is Clc1ccc(N2CCNC(COCc3ccccc3)C2)cc1. The zero-order valence-electron chi connectivity index (χ0n) is 12.5. The fourth-order valence-electron chi connectivity index (χ4n) is 2.72. The number of benzene rings is 2. The molecule has 1 heterocycles. The van der Waals surface area contributed by atoms with E-state index in [0.29, 0.717) is 12.6 Å². The van der Waals surface area contributed by atoms with Crippen LogP contribution in [0.5, 0.6) is 0 Å². The van der Waals surface area contributed by atoms with Crippen molar-refractivity contribution in [3.63, 3.8) is 0 Å². The lowest BCUT2D eigenvalue weighted by molar-refractivity contribution is 0.0972. The van der Waals surface area contributed by atoms with Gasteiger partial charge in [0.25, 0.3) is 0 Å². The maximum atomic E-state index is 5.96. The first kappa shape index (κ1) is 15.3. The number of piperazine rings is 1. The summed E-state index contributed by atoms with van der Waals surface area (Å²) in [6.45, 7) is 4.33. The van der Waals surface area contributed by atoms with Crippen LogP contribution >= 0.6 is 11.6 Å². The molecule has 0 radical (unpaired) electrons. The summed E-state index contributed by atoms with van der Waals surface area (Å²) >= 11 is 5.96. The van der Waals surface area contributed by atoms with E-state index in [0.717, 1.165) is 31.3 Å². The third-order valence-electron chi connectivity index (χ3n) is 3.88. The highest BCUT2D eigenvalue weighted by molar-refractivity contribution is 6.30. The molecule has 3 rings (SSSR count). The Balaban J connectivity index is 1.49. The van der Waals surface area contributed by atoms with Gasteiger partial charge in [-0.25, -0.2) is 0 Å². The minimum Gasteiger partial charge on any atom is -0.375 e. The molecule has 1 unspecified atom stereocenters. The van der Waals surface area contributed by atoms with Crippen LogP contribution in [0.15, 0.2) is 54.6 Å². The minimum atomic E-state index is 0.355. The van der Waals surface area contributed by atoms with Crippen molar-refractivity contribution in [2.75, 3.05) is 31.1 Å². The third-order valence-corrected chi connectivity index (χ3v) is 4.13. The van der Waals surface area contributed by atoms with E-state index in [-0.39, 0.29) is 0 Å². The second kappa shape index (κ2) is 7.63. The molecule has 4 heteroatoms. The number of halogens is 1. The lowest BCUT2D eigenvalue weighted by Crippen LogP contribution is -2.52. The third kappa shape index (κ3) is 4.23. The van der Waals surface area contributed by atoms with Crippen LogP contribution in [0.3, 0.4) is 0 Å². The fourth-order valence-corrected chi connectivity index (χ4v) is 2.84. The van der Waals surface area contributed by atoms with Crippen molar-refractivity contribution >= 4 is 17.3 Å². The molecule has 0 saturated carbocycles. The molecule has 3 nitrogen and oxygen atoms in total. The molecule has 0 spiro atoms. The van der Waals surface area contributed by atoms with Gasteiger partial charge in [-0.15, -0.1) is 0 Å². The van der Waals surface area contributed by atoms with Gasteiger partial charge in [-0.2, -0.15) is 0 Å². The Morgan fingerprint density at radius 1 is 1.09 bits per heavy atom. The van der Waals surface area contributed by atoms with Crippen LogP contribution < -0.4 is 10.2 Å². The van der Waals surface area contributed by atoms with Crippen LogP contribution in [0.2, 0.25) is 5.02 Å². The zero-order chi connectivity index (χ0) is 15.2. The van der Waals surface area contributed by atoms with Crippen LogP contribution in [0.1, 0.15) is 5.56 Å². The van der Waals surface area contributed by atoms with Gasteiger partial charge in [-0.1, -0.05) is 41.9 Å². The van der Waals surface area contributed by atoms with Crippen LogP contribution in [0, 0.1) is 0 Å². The van der Waals surface area contributed by atoms with Gasteiger partial charge in [0.2, 0.25) is 0 Å². The predicted octanol–water partition coefficient (Wildman–Crippen LogP) is 3.34. The first-order valence-corrected chi connectivity index (χ1v) is 8.04. The lowest BCUT2D eigenvalue weighted by atomic mass is 10.2. The zero-order valence-corrected chi connectivity index (χ0v) is 13.3. The molecule has 1 saturated heterocycles. The van der Waals surface area contributed by atoms with Crippen molar-refractivity contribution in [3.05, 3.63) is 65.2 Å². The van der Waals surface area contributed by atoms with E-state index in [4.69, 9.17) is 16.3 Å². The molecule has 1 atom stereocenters. The number of hydrogen-bond donors (Lipinski definition) is 1. The van der Waals surface area contributed by atoms with Crippen molar-refractivity contribution in [1.29, 1.82) is 0 Å². The second-order valence-electron chi connectivity index (χ2n) is 5.57. The Morgan fingerprint density at radius 3 is 2.64 bits per heavy atom. The molecule has 0 aliphatic carbocycles. The van der Waals surface area contributed by atoms with Crippen molar-refractivity contribution in [2.45, 2.75) is 12.6 Å². The largest absolute Gasteiger partial charge is 0.375 e. The Hall–Kier alpha value is -1.55. The number of nitrogens with one attached hydrogen (secondary N) is 1. The van der Waals surface area contributed by atoms with Crippen LogP contribution in [-0.2, 0) is 11.3 Å². The summed E-state index contributed by atoms with van der Waals surface area (Å²) in [6, 6.07) is 18.7. The molecular weight excluding hydrogens is 296 g/mol. The van der Waals surface area contributed by atoms with E-state index in [1.54, 1.807) is 0 Å². The van der Waals surface area contributed by atoms with Gasteiger partial charge < -0.3 is 15.0 Å². The van der Waals surface area contributed by atoms with E-state index in [1.807, 2.05) is 30.3 Å². The standard InChI is InChI=1S/C18H21ClN2O/c19-16-6-8-18(9-7-16)21-11-10-20-17(12-21)14-22-13-15-4-2-1-3-5-15/h1-9,17,20H,10-14H2. The molecule has 1 aliphatic heterocycles. The fraction of sp³-hybridized carbons (Fsp3) is 0.333. The van der Waals surface area contributed by atoms with Crippen molar-refractivity contribution in [3.8, 4) is 0 Å². The maximum Gasteiger partial charge on any atom is 0.0717 e. The number of ether oxygens (including phenoxy) is 1. The van der Waals surface area contributed by atoms with Gasteiger partial charge in [-0.3, -0.25) is 0 Å². The summed E-state index contributed by atoms with van der Waals surface area (Å²) in [5.41, 5.74) is 2.44. The van der Waals surface area contributed by atoms with Gasteiger partial charge in [0.1, 0.15) is 0 Å². The summed E-state index contributed by atoms with van der Waals surface area (Å²) in [6.07, 6.45) is 0. The topological polar surface area (TPSA) is 24.5 Å². The first-order valence-electron chi connectivity index (χ1n) is 7.67. The highest BCUT2D eigenvalue weighted by Gasteiger charge is 2.19. The predicted molar refractivity (Wildman–Crippen MR) is 91.6 cm³/mol. The number of hydrogen-bond acceptors (Lipinski definition) is 3. The molecule has 1 N–H and O–H groups in total. The van der Waals surface area contributed by atoms with E-state index in [9.17, 15) is 0 Å². The number of rotatable bonds is 5. The monoisotopic (exact) mass is 316 g/mol. The average molecular weight is 317 g/mol. The summed E-state index contributed by atoms with van der Waals surface area (Å²) in [4.78, 5) is 2.38. The highest BCUT2D eigenvalue weighted by Crippen LogP contribution is 2.19. The van der Waals surface area contributed by atoms with Gasteiger partial charge in [-0.05, 0) is 29.8 Å². The van der Waals surface area contributed by atoms with Gasteiger partial charge in [0.05, 0.1) is 13.2 Å². The van der Waals surface area contributed by atoms with Gasteiger partial charge in [0.15, 0.2) is 0 Å². The molecule has 0 amide bonds. The molecule has 1 aliphatic rings. The van der Waals surface area contributed by atoms with E-state index in [1.165, 1.54) is 11.3 Å². The lowest BCUT2D eigenvalue weighted by Gasteiger charge is -2.35. The number of anilines is 1. The van der Waals surface area contributed by atoms with Crippen LogP contribution in [0.25, 0.3) is 0 Å². The average Bonchev–Trinajstić information content (AvgIpc) is 2.57. The Labute approximate surface area is 136 Å². The summed E-state index contributed by atoms with van der Waals surface area (Å²) < 4.78 is 5.85. The van der Waals surface area contributed by atoms with Crippen molar-refractivity contribution in [1.82, 2.24) is 5.32 Å². The van der Waals surface area contributed by atoms with E-state index < -0.39 is 0 Å². The summed E-state index contributed by atoms with van der Waals surface area (Å²) in [5, 5.41) is 4.30. The number of nitrogens with zero attached hydrogens (tertiary/aromatic N) is 1. The first-order chi connectivity index (χ1) is 10.8. The molecule has 116 valence electrons. The van der Waals surface area contributed by atoms with Gasteiger partial charge >= 0.3 is 0 Å². The normalized spacial score (nSPS) is 18.4. The van der Waals surface area contributed by atoms with Crippen molar-refractivity contribution in [2.24, 2.45) is 0 Å². The summed E-state index contributed by atoms with van der Waals surface area (Å²) in [7, 11) is 0. The van der Waals surface area contributed by atoms with Gasteiger partial charge in [0, 0.05) is 36.4 Å². The van der Waals surface area contributed by atoms with E-state index >= 15 is 0 Å². The smallest absolute Gasteiger partial charge is 0.0717 e. The Morgan fingerprint density at radius 2 is 1.86 bits per heavy atom. The summed E-state index contributed by atoms with van der Waals surface area (Å²) in [5.74, 6) is 0. The second-order valence-corrected chi connectivity index (χ2v) is 6.01. The van der Waals surface area contributed by atoms with Crippen LogP contribution in [0.4, 0.5) is 5.69 Å². The molecule has 2 aromatic rings. The molecule has 22 heavy (non-hydrogen) atoms. The van der Waals surface area contributed by atoms with Crippen molar-refractivity contribution < 1.29 is 4.74 Å². The quantitative estimate of drug-likeness (QED) is 0.915. The molecule has 1 fully saturated rings. The molecule has 2 aromatic carbocycles. The van der Waals surface area contributed by atoms with E-state index in [2.05, 4.69) is 34.5 Å².